The highest BCUT2D eigenvalue weighted by molar-refractivity contribution is 9.10. The number of hydrogen-bond acceptors (Lipinski definition) is 4. The van der Waals surface area contributed by atoms with Gasteiger partial charge in [0.25, 0.3) is 0 Å². The van der Waals surface area contributed by atoms with E-state index in [1.54, 1.807) is 20.3 Å². The molecule has 112 valence electrons. The highest BCUT2D eigenvalue weighted by atomic mass is 79.9. The molecule has 0 amide bonds. The predicted octanol–water partition coefficient (Wildman–Crippen LogP) is 2.97. The number of ether oxygens (including phenoxy) is 2. The first-order valence-corrected chi connectivity index (χ1v) is 7.07. The lowest BCUT2D eigenvalue weighted by molar-refractivity contribution is -0.138. The van der Waals surface area contributed by atoms with Gasteiger partial charge in [0.1, 0.15) is 11.5 Å². The normalized spacial score (nSPS) is 13.7. The number of hydrogen-bond donors (Lipinski definition) is 2. The predicted molar refractivity (Wildman–Crippen MR) is 80.2 cm³/mol. The van der Waals surface area contributed by atoms with E-state index in [1.807, 2.05) is 13.0 Å². The second kappa shape index (κ2) is 7.50. The molecule has 0 spiro atoms. The first kappa shape index (κ1) is 16.8. The van der Waals surface area contributed by atoms with Crippen LogP contribution >= 0.6 is 15.9 Å². The van der Waals surface area contributed by atoms with Crippen molar-refractivity contribution in [1.29, 1.82) is 0 Å². The first-order chi connectivity index (χ1) is 9.38. The minimum Gasteiger partial charge on any atom is -0.497 e. The molecule has 6 heteroatoms. The van der Waals surface area contributed by atoms with E-state index in [-0.39, 0.29) is 18.4 Å². The first-order valence-electron chi connectivity index (χ1n) is 6.27. The highest BCUT2D eigenvalue weighted by Gasteiger charge is 2.20. The van der Waals surface area contributed by atoms with Crippen molar-refractivity contribution in [2.24, 2.45) is 11.7 Å². The molecule has 0 heterocycles. The largest absolute Gasteiger partial charge is 0.497 e. The summed E-state index contributed by atoms with van der Waals surface area (Å²) in [4.78, 5) is 10.7. The van der Waals surface area contributed by atoms with Gasteiger partial charge in [-0.3, -0.25) is 4.79 Å². The lowest BCUT2D eigenvalue weighted by Crippen LogP contribution is -2.17. The Hall–Kier alpha value is -1.27. The highest BCUT2D eigenvalue weighted by Crippen LogP contribution is 2.38. The molecule has 2 atom stereocenters. The fourth-order valence-electron chi connectivity index (χ4n) is 2.15. The molecule has 0 aliphatic rings. The Kier molecular flexibility index (Phi) is 6.29. The Morgan fingerprint density at radius 2 is 2.05 bits per heavy atom. The van der Waals surface area contributed by atoms with Crippen molar-refractivity contribution in [3.05, 3.63) is 22.2 Å². The second-order valence-corrected chi connectivity index (χ2v) is 5.62. The number of halogens is 1. The van der Waals surface area contributed by atoms with Crippen LogP contribution in [0.1, 0.15) is 31.4 Å². The smallest absolute Gasteiger partial charge is 0.303 e. The monoisotopic (exact) mass is 345 g/mol. The Morgan fingerprint density at radius 1 is 1.40 bits per heavy atom. The Morgan fingerprint density at radius 3 is 2.55 bits per heavy atom. The van der Waals surface area contributed by atoms with E-state index in [0.29, 0.717) is 17.9 Å². The summed E-state index contributed by atoms with van der Waals surface area (Å²) in [5.74, 6) is 0.473. The Balaban J connectivity index is 2.97. The van der Waals surface area contributed by atoms with Crippen molar-refractivity contribution < 1.29 is 19.4 Å². The molecule has 0 saturated carbocycles. The zero-order valence-corrected chi connectivity index (χ0v) is 13.4. The summed E-state index contributed by atoms with van der Waals surface area (Å²) in [5.41, 5.74) is 7.02. The van der Waals surface area contributed by atoms with Gasteiger partial charge in [-0.25, -0.2) is 0 Å². The molecule has 0 aromatic heterocycles. The van der Waals surface area contributed by atoms with Crippen LogP contribution in [0.25, 0.3) is 0 Å². The van der Waals surface area contributed by atoms with Crippen molar-refractivity contribution in [3.8, 4) is 11.5 Å². The molecule has 0 bridgehead atoms. The fraction of sp³-hybridized carbons (Fsp3) is 0.500. The minimum atomic E-state index is -0.814. The Bertz CT molecular complexity index is 478. The van der Waals surface area contributed by atoms with Crippen molar-refractivity contribution in [3.63, 3.8) is 0 Å². The summed E-state index contributed by atoms with van der Waals surface area (Å²) in [6, 6.07) is 3.28. The standard InChI is InChI=1S/C14H20BrNO4/c1-8(5-13(17)18)4-11(16)14-10(15)6-9(19-2)7-12(14)20-3/h6-8,11H,4-5,16H2,1-3H3,(H,17,18). The number of aliphatic carboxylic acids is 1. The summed E-state index contributed by atoms with van der Waals surface area (Å²) in [6.45, 7) is 1.87. The van der Waals surface area contributed by atoms with Gasteiger partial charge in [0.15, 0.2) is 0 Å². The van der Waals surface area contributed by atoms with Gasteiger partial charge >= 0.3 is 5.97 Å². The molecule has 0 radical (unpaired) electrons. The number of carboxylic acid groups (broad SMARTS) is 1. The van der Waals surface area contributed by atoms with E-state index in [9.17, 15) is 4.79 Å². The van der Waals surface area contributed by atoms with Gasteiger partial charge in [-0.05, 0) is 18.4 Å². The third-order valence-electron chi connectivity index (χ3n) is 3.07. The zero-order valence-electron chi connectivity index (χ0n) is 11.9. The van der Waals surface area contributed by atoms with Crippen molar-refractivity contribution in [2.45, 2.75) is 25.8 Å². The number of carbonyl (C=O) groups is 1. The maximum Gasteiger partial charge on any atom is 0.303 e. The molecule has 3 N–H and O–H groups in total. The molecule has 0 aliphatic heterocycles. The summed E-state index contributed by atoms with van der Waals surface area (Å²) >= 11 is 3.46. The van der Waals surface area contributed by atoms with E-state index in [1.165, 1.54) is 0 Å². The lowest BCUT2D eigenvalue weighted by atomic mass is 9.94. The third-order valence-corrected chi connectivity index (χ3v) is 3.73. The number of rotatable bonds is 7. The van der Waals surface area contributed by atoms with Gasteiger partial charge in [0.05, 0.1) is 14.2 Å². The van der Waals surface area contributed by atoms with Crippen LogP contribution < -0.4 is 15.2 Å². The van der Waals surface area contributed by atoms with Crippen LogP contribution in [0.15, 0.2) is 16.6 Å². The molecule has 20 heavy (non-hydrogen) atoms. The maximum atomic E-state index is 10.7. The lowest BCUT2D eigenvalue weighted by Gasteiger charge is -2.21. The minimum absolute atomic E-state index is 0.0128. The van der Waals surface area contributed by atoms with E-state index in [2.05, 4.69) is 15.9 Å². The van der Waals surface area contributed by atoms with Crippen LogP contribution in [-0.4, -0.2) is 25.3 Å². The molecule has 5 nitrogen and oxygen atoms in total. The molecule has 0 fully saturated rings. The Labute approximate surface area is 127 Å². The van der Waals surface area contributed by atoms with Gasteiger partial charge in [-0.1, -0.05) is 22.9 Å². The topological polar surface area (TPSA) is 81.8 Å². The van der Waals surface area contributed by atoms with Crippen LogP contribution in [0.4, 0.5) is 0 Å². The third kappa shape index (κ3) is 4.38. The molecular weight excluding hydrogens is 326 g/mol. The number of benzene rings is 1. The number of carboxylic acids is 1. The average Bonchev–Trinajstić information content (AvgIpc) is 2.35. The molecule has 1 rings (SSSR count). The van der Waals surface area contributed by atoms with Gasteiger partial charge in [-0.2, -0.15) is 0 Å². The summed E-state index contributed by atoms with van der Waals surface area (Å²) in [6.07, 6.45) is 0.664. The van der Waals surface area contributed by atoms with Crippen LogP contribution in [0.2, 0.25) is 0 Å². The van der Waals surface area contributed by atoms with E-state index in [0.717, 1.165) is 10.0 Å². The van der Waals surface area contributed by atoms with Crippen molar-refractivity contribution >= 4 is 21.9 Å². The van der Waals surface area contributed by atoms with Gasteiger partial charge in [0, 0.05) is 28.6 Å². The van der Waals surface area contributed by atoms with Crippen molar-refractivity contribution in [1.82, 2.24) is 0 Å². The number of methoxy groups -OCH3 is 2. The summed E-state index contributed by atoms with van der Waals surface area (Å²) < 4.78 is 11.3. The van der Waals surface area contributed by atoms with Crippen LogP contribution in [0.5, 0.6) is 11.5 Å². The van der Waals surface area contributed by atoms with Crippen LogP contribution in [0.3, 0.4) is 0 Å². The van der Waals surface area contributed by atoms with E-state index < -0.39 is 5.97 Å². The molecule has 0 aliphatic carbocycles. The van der Waals surface area contributed by atoms with Crippen LogP contribution in [-0.2, 0) is 4.79 Å². The van der Waals surface area contributed by atoms with Gasteiger partial charge in [-0.15, -0.1) is 0 Å². The van der Waals surface area contributed by atoms with Crippen molar-refractivity contribution in [2.75, 3.05) is 14.2 Å². The maximum absolute atomic E-state index is 10.7. The quantitative estimate of drug-likeness (QED) is 0.793. The molecular formula is C14H20BrNO4. The molecule has 2 unspecified atom stereocenters. The summed E-state index contributed by atoms with van der Waals surface area (Å²) in [5, 5.41) is 8.80. The summed E-state index contributed by atoms with van der Waals surface area (Å²) in [7, 11) is 3.15. The fourth-order valence-corrected chi connectivity index (χ4v) is 2.86. The van der Waals surface area contributed by atoms with Crippen LogP contribution in [0, 0.1) is 5.92 Å². The SMILES string of the molecule is COc1cc(Br)c(C(N)CC(C)CC(=O)O)c(OC)c1. The molecule has 1 aromatic carbocycles. The van der Waals surface area contributed by atoms with Gasteiger partial charge < -0.3 is 20.3 Å². The molecule has 0 saturated heterocycles. The van der Waals surface area contributed by atoms with E-state index in [4.69, 9.17) is 20.3 Å². The number of nitrogens with two attached hydrogens (primary N) is 1. The zero-order chi connectivity index (χ0) is 15.3. The van der Waals surface area contributed by atoms with Gasteiger partial charge in [0.2, 0.25) is 0 Å². The second-order valence-electron chi connectivity index (χ2n) is 4.77. The average molecular weight is 346 g/mol. The molecule has 1 aromatic rings. The van der Waals surface area contributed by atoms with E-state index >= 15 is 0 Å².